The zero-order chi connectivity index (χ0) is 22.6. The molecule has 1 unspecified atom stereocenters. The lowest BCUT2D eigenvalue weighted by molar-refractivity contribution is 0.0971. The Morgan fingerprint density at radius 2 is 1.69 bits per heavy atom. The topological polar surface area (TPSA) is 59.8 Å². The Hall–Kier alpha value is -3.28. The van der Waals surface area contributed by atoms with Gasteiger partial charge in [-0.15, -0.1) is 0 Å². The monoisotopic (exact) mass is 465 g/mol. The van der Waals surface area contributed by atoms with Crippen molar-refractivity contribution in [1.29, 1.82) is 0 Å². The van der Waals surface area contributed by atoms with Gasteiger partial charge >= 0.3 is 0 Å². The number of carbonyl (C=O) groups excluding carboxylic acids is 1. The molecule has 0 radical (unpaired) electrons. The van der Waals surface area contributed by atoms with Crippen molar-refractivity contribution in [2.24, 2.45) is 0 Å². The van der Waals surface area contributed by atoms with Crippen LogP contribution in [0, 0.1) is 6.92 Å². The lowest BCUT2D eigenvalue weighted by Gasteiger charge is -2.25. The van der Waals surface area contributed by atoms with Crippen LogP contribution in [0.15, 0.2) is 69.9 Å². The van der Waals surface area contributed by atoms with Crippen LogP contribution in [0.4, 0.5) is 5.69 Å². The van der Waals surface area contributed by atoms with Gasteiger partial charge in [-0.1, -0.05) is 40.9 Å². The van der Waals surface area contributed by atoms with E-state index in [1.165, 1.54) is 0 Å². The summed E-state index contributed by atoms with van der Waals surface area (Å²) in [6.45, 7) is 1.90. The van der Waals surface area contributed by atoms with E-state index in [-0.39, 0.29) is 16.8 Å². The van der Waals surface area contributed by atoms with Gasteiger partial charge in [-0.05, 0) is 61.0 Å². The maximum Gasteiger partial charge on any atom is 0.295 e. The molecule has 5 rings (SSSR count). The molecule has 3 aromatic carbocycles. The Morgan fingerprint density at radius 3 is 2.38 bits per heavy atom. The molecule has 2 heterocycles. The summed E-state index contributed by atoms with van der Waals surface area (Å²) in [4.78, 5) is 28.7. The van der Waals surface area contributed by atoms with E-state index < -0.39 is 11.9 Å². The average Bonchev–Trinajstić information content (AvgIpc) is 3.09. The van der Waals surface area contributed by atoms with Gasteiger partial charge in [0.2, 0.25) is 5.76 Å². The normalized spacial score (nSPS) is 15.3. The summed E-state index contributed by atoms with van der Waals surface area (Å²) in [6.07, 6.45) is 0. The molecule has 0 saturated heterocycles. The van der Waals surface area contributed by atoms with Crippen LogP contribution in [-0.2, 0) is 0 Å². The largest absolute Gasteiger partial charge is 0.497 e. The summed E-state index contributed by atoms with van der Waals surface area (Å²) in [5.74, 6) is 0.276. The average molecular weight is 466 g/mol. The molecule has 0 fully saturated rings. The van der Waals surface area contributed by atoms with Crippen molar-refractivity contribution in [2.45, 2.75) is 13.0 Å². The minimum absolute atomic E-state index is 0.0262. The Labute approximate surface area is 193 Å². The second-order valence-corrected chi connectivity index (χ2v) is 8.44. The Kier molecular flexibility index (Phi) is 4.96. The van der Waals surface area contributed by atoms with Crippen molar-refractivity contribution in [2.75, 3.05) is 12.0 Å². The van der Waals surface area contributed by atoms with E-state index >= 15 is 0 Å². The summed E-state index contributed by atoms with van der Waals surface area (Å²) in [5, 5.41) is 1.15. The fraction of sp³-hybridized carbons (Fsp3) is 0.120. The number of benzene rings is 3. The number of ether oxygens (including phenoxy) is 1. The first-order valence-corrected chi connectivity index (χ1v) is 10.6. The van der Waals surface area contributed by atoms with E-state index in [1.807, 2.05) is 13.0 Å². The molecule has 1 atom stereocenters. The van der Waals surface area contributed by atoms with E-state index in [0.29, 0.717) is 38.0 Å². The van der Waals surface area contributed by atoms with Gasteiger partial charge in [-0.25, -0.2) is 0 Å². The minimum atomic E-state index is -0.721. The summed E-state index contributed by atoms with van der Waals surface area (Å²) in [6, 6.07) is 16.7. The highest BCUT2D eigenvalue weighted by atomic mass is 35.5. The molecule has 1 aromatic heterocycles. The second-order valence-electron chi connectivity index (χ2n) is 7.62. The van der Waals surface area contributed by atoms with E-state index in [4.69, 9.17) is 32.4 Å². The first-order chi connectivity index (χ1) is 15.4. The molecule has 1 amide bonds. The number of nitrogens with zero attached hydrogens (tertiary/aromatic N) is 1. The molecule has 0 spiro atoms. The van der Waals surface area contributed by atoms with Gasteiger partial charge in [0.1, 0.15) is 11.3 Å². The number of anilines is 1. The molecular formula is C25H17Cl2NO4. The zero-order valence-corrected chi connectivity index (χ0v) is 18.7. The molecule has 1 aliphatic rings. The molecule has 0 aliphatic carbocycles. The summed E-state index contributed by atoms with van der Waals surface area (Å²) in [5.41, 5.74) is 2.58. The fourth-order valence-electron chi connectivity index (χ4n) is 4.09. The van der Waals surface area contributed by atoms with Gasteiger partial charge in [-0.2, -0.15) is 0 Å². The van der Waals surface area contributed by atoms with E-state index in [0.717, 1.165) is 5.56 Å². The Balaban J connectivity index is 1.80. The lowest BCUT2D eigenvalue weighted by atomic mass is 9.98. The van der Waals surface area contributed by atoms with Gasteiger partial charge in [0, 0.05) is 5.69 Å². The van der Waals surface area contributed by atoms with E-state index in [1.54, 1.807) is 66.6 Å². The highest BCUT2D eigenvalue weighted by molar-refractivity contribution is 6.42. The van der Waals surface area contributed by atoms with Crippen LogP contribution >= 0.6 is 23.2 Å². The van der Waals surface area contributed by atoms with Crippen molar-refractivity contribution in [3.05, 3.63) is 103 Å². The zero-order valence-electron chi connectivity index (χ0n) is 17.2. The molecular weight excluding hydrogens is 449 g/mol. The number of halogens is 2. The predicted octanol–water partition coefficient (Wildman–Crippen LogP) is 6.17. The fourth-order valence-corrected chi connectivity index (χ4v) is 4.40. The maximum atomic E-state index is 13.6. The molecule has 4 aromatic rings. The van der Waals surface area contributed by atoms with Crippen molar-refractivity contribution >= 4 is 45.8 Å². The van der Waals surface area contributed by atoms with Gasteiger partial charge in [0.25, 0.3) is 5.91 Å². The van der Waals surface area contributed by atoms with Crippen molar-refractivity contribution < 1.29 is 13.9 Å². The SMILES string of the molecule is COc1ccc(N2C(=O)c3oc4ccc(C)cc4c(=O)c3C2c2ccc(Cl)c(Cl)c2)cc1. The number of hydrogen-bond donors (Lipinski definition) is 0. The first kappa shape index (κ1) is 20.6. The predicted molar refractivity (Wildman–Crippen MR) is 125 cm³/mol. The third-order valence-corrected chi connectivity index (χ3v) is 6.37. The van der Waals surface area contributed by atoms with E-state index in [2.05, 4.69) is 0 Å². The number of carbonyl (C=O) groups is 1. The molecule has 0 saturated carbocycles. The highest BCUT2D eigenvalue weighted by Gasteiger charge is 2.43. The van der Waals surface area contributed by atoms with Crippen molar-refractivity contribution in [3.8, 4) is 5.75 Å². The van der Waals surface area contributed by atoms with Crippen molar-refractivity contribution in [3.63, 3.8) is 0 Å². The quantitative estimate of drug-likeness (QED) is 0.363. The Morgan fingerprint density at radius 1 is 0.938 bits per heavy atom. The van der Waals surface area contributed by atoms with Crippen LogP contribution in [0.2, 0.25) is 10.0 Å². The van der Waals surface area contributed by atoms with Gasteiger partial charge in [0.05, 0.1) is 34.1 Å². The first-order valence-electron chi connectivity index (χ1n) is 9.89. The van der Waals surface area contributed by atoms with Gasteiger partial charge < -0.3 is 9.15 Å². The van der Waals surface area contributed by atoms with Gasteiger partial charge in [0.15, 0.2) is 5.43 Å². The van der Waals surface area contributed by atoms with Crippen molar-refractivity contribution in [1.82, 2.24) is 0 Å². The smallest absolute Gasteiger partial charge is 0.295 e. The number of rotatable bonds is 3. The molecule has 5 nitrogen and oxygen atoms in total. The minimum Gasteiger partial charge on any atom is -0.497 e. The van der Waals surface area contributed by atoms with Crippen LogP contribution in [-0.4, -0.2) is 13.0 Å². The highest BCUT2D eigenvalue weighted by Crippen LogP contribution is 2.42. The molecule has 7 heteroatoms. The van der Waals surface area contributed by atoms with Crippen LogP contribution in [0.25, 0.3) is 11.0 Å². The summed E-state index contributed by atoms with van der Waals surface area (Å²) >= 11 is 12.4. The third kappa shape index (κ3) is 3.17. The lowest BCUT2D eigenvalue weighted by Crippen LogP contribution is -2.29. The molecule has 0 N–H and O–H groups in total. The molecule has 32 heavy (non-hydrogen) atoms. The Bertz CT molecular complexity index is 1440. The van der Waals surface area contributed by atoms with E-state index in [9.17, 15) is 9.59 Å². The number of fused-ring (bicyclic) bond motifs is 2. The van der Waals surface area contributed by atoms with Crippen LogP contribution in [0.3, 0.4) is 0 Å². The molecule has 160 valence electrons. The number of amides is 1. The van der Waals surface area contributed by atoms with Crippen LogP contribution < -0.4 is 15.1 Å². The van der Waals surface area contributed by atoms with Crippen LogP contribution in [0.5, 0.6) is 5.75 Å². The standard InChI is InChI=1S/C25H17Cl2NO4/c1-13-3-10-20-17(11-13)23(29)21-22(14-4-9-18(26)19(27)12-14)28(25(30)24(21)32-20)15-5-7-16(31-2)8-6-15/h3-12,22H,1-2H3. The number of methoxy groups -OCH3 is 1. The second kappa shape index (κ2) is 7.69. The summed E-state index contributed by atoms with van der Waals surface area (Å²) in [7, 11) is 1.57. The molecule has 1 aliphatic heterocycles. The molecule has 0 bridgehead atoms. The van der Waals surface area contributed by atoms with Crippen LogP contribution in [0.1, 0.15) is 33.3 Å². The summed E-state index contributed by atoms with van der Waals surface area (Å²) < 4.78 is 11.2. The van der Waals surface area contributed by atoms with Gasteiger partial charge in [-0.3, -0.25) is 14.5 Å². The number of aryl methyl sites for hydroxylation is 1. The maximum absolute atomic E-state index is 13.6. The third-order valence-electron chi connectivity index (χ3n) is 5.64. The number of hydrogen-bond acceptors (Lipinski definition) is 4.